The topological polar surface area (TPSA) is 53.4 Å². The lowest BCUT2D eigenvalue weighted by atomic mass is 9.99. The second-order valence-corrected chi connectivity index (χ2v) is 4.31. The number of aromatic nitrogens is 1. The van der Waals surface area contributed by atoms with E-state index in [1.807, 2.05) is 5.38 Å². The third kappa shape index (κ3) is 1.87. The summed E-state index contributed by atoms with van der Waals surface area (Å²) in [5.41, 5.74) is 0. The van der Waals surface area contributed by atoms with Gasteiger partial charge in [0.2, 0.25) is 0 Å². The third-order valence-electron chi connectivity index (χ3n) is 2.46. The van der Waals surface area contributed by atoms with Gasteiger partial charge in [0.15, 0.2) is 5.13 Å². The number of thiazole rings is 1. The molecule has 0 radical (unpaired) electrons. The van der Waals surface area contributed by atoms with E-state index >= 15 is 0 Å². The fraction of sp³-hybridized carbons (Fsp3) is 0.556. The van der Waals surface area contributed by atoms with E-state index in [2.05, 4.69) is 9.88 Å². The highest BCUT2D eigenvalue weighted by Crippen LogP contribution is 2.24. The molecule has 14 heavy (non-hydrogen) atoms. The summed E-state index contributed by atoms with van der Waals surface area (Å²) >= 11 is 1.57. The van der Waals surface area contributed by atoms with Gasteiger partial charge in [-0.05, 0) is 12.8 Å². The summed E-state index contributed by atoms with van der Waals surface area (Å²) in [5.74, 6) is -0.918. The summed E-state index contributed by atoms with van der Waals surface area (Å²) in [6.45, 7) is 1.53. The zero-order valence-electron chi connectivity index (χ0n) is 7.72. The van der Waals surface area contributed by atoms with Crippen LogP contribution >= 0.6 is 11.3 Å². The van der Waals surface area contributed by atoms with Crippen LogP contribution < -0.4 is 4.90 Å². The van der Waals surface area contributed by atoms with E-state index in [4.69, 9.17) is 5.11 Å². The molecule has 0 aromatic carbocycles. The van der Waals surface area contributed by atoms with Gasteiger partial charge in [-0.25, -0.2) is 4.98 Å². The number of carboxylic acid groups (broad SMARTS) is 1. The van der Waals surface area contributed by atoms with E-state index in [1.54, 1.807) is 17.5 Å². The summed E-state index contributed by atoms with van der Waals surface area (Å²) < 4.78 is 0. The van der Waals surface area contributed by atoms with Crippen molar-refractivity contribution in [1.29, 1.82) is 0 Å². The minimum Gasteiger partial charge on any atom is -0.481 e. The zero-order chi connectivity index (χ0) is 9.97. The van der Waals surface area contributed by atoms with Gasteiger partial charge in [-0.15, -0.1) is 11.3 Å². The molecule has 1 aromatic heterocycles. The Bertz CT molecular complexity index is 313. The first-order valence-corrected chi connectivity index (χ1v) is 5.52. The molecule has 1 saturated heterocycles. The van der Waals surface area contributed by atoms with Crippen LogP contribution in [0.1, 0.15) is 12.8 Å². The molecule has 1 fully saturated rings. The number of anilines is 1. The van der Waals surface area contributed by atoms with Crippen molar-refractivity contribution >= 4 is 22.4 Å². The Balaban J connectivity index is 2.04. The fourth-order valence-electron chi connectivity index (χ4n) is 1.72. The highest BCUT2D eigenvalue weighted by molar-refractivity contribution is 7.13. The van der Waals surface area contributed by atoms with Gasteiger partial charge in [0.25, 0.3) is 0 Å². The number of carbonyl (C=O) groups is 1. The number of aliphatic carboxylic acids is 1. The van der Waals surface area contributed by atoms with Crippen molar-refractivity contribution in [3.05, 3.63) is 11.6 Å². The quantitative estimate of drug-likeness (QED) is 0.806. The van der Waals surface area contributed by atoms with Crippen molar-refractivity contribution in [3.8, 4) is 0 Å². The normalized spacial score (nSPS) is 22.3. The molecule has 0 bridgehead atoms. The second kappa shape index (κ2) is 3.96. The first-order chi connectivity index (χ1) is 6.77. The molecular weight excluding hydrogens is 200 g/mol. The Kier molecular flexibility index (Phi) is 2.67. The molecule has 1 aliphatic heterocycles. The van der Waals surface area contributed by atoms with Gasteiger partial charge in [0.1, 0.15) is 0 Å². The number of rotatable bonds is 2. The smallest absolute Gasteiger partial charge is 0.308 e. The van der Waals surface area contributed by atoms with E-state index in [0.717, 1.165) is 24.5 Å². The van der Waals surface area contributed by atoms with Crippen LogP contribution in [0, 0.1) is 5.92 Å². The first kappa shape index (κ1) is 9.45. The van der Waals surface area contributed by atoms with Crippen LogP contribution in [0.3, 0.4) is 0 Å². The van der Waals surface area contributed by atoms with Gasteiger partial charge >= 0.3 is 5.97 Å². The van der Waals surface area contributed by atoms with Gasteiger partial charge in [0.05, 0.1) is 5.92 Å². The number of nitrogens with zero attached hydrogens (tertiary/aromatic N) is 2. The lowest BCUT2D eigenvalue weighted by molar-refractivity contribution is -0.141. The average molecular weight is 212 g/mol. The summed E-state index contributed by atoms with van der Waals surface area (Å²) in [6, 6.07) is 0. The molecule has 1 N–H and O–H groups in total. The van der Waals surface area contributed by atoms with Crippen molar-refractivity contribution in [3.63, 3.8) is 0 Å². The molecule has 4 nitrogen and oxygen atoms in total. The second-order valence-electron chi connectivity index (χ2n) is 3.44. The number of hydrogen-bond acceptors (Lipinski definition) is 4. The van der Waals surface area contributed by atoms with Gasteiger partial charge in [0, 0.05) is 24.7 Å². The Morgan fingerprint density at radius 2 is 2.57 bits per heavy atom. The van der Waals surface area contributed by atoms with E-state index < -0.39 is 5.97 Å². The Morgan fingerprint density at radius 3 is 3.21 bits per heavy atom. The summed E-state index contributed by atoms with van der Waals surface area (Å²) in [4.78, 5) is 17.1. The summed E-state index contributed by atoms with van der Waals surface area (Å²) in [6.07, 6.45) is 3.48. The van der Waals surface area contributed by atoms with Gasteiger partial charge in [-0.1, -0.05) is 0 Å². The summed E-state index contributed by atoms with van der Waals surface area (Å²) in [5, 5.41) is 11.8. The van der Waals surface area contributed by atoms with E-state index in [-0.39, 0.29) is 5.92 Å². The summed E-state index contributed by atoms with van der Waals surface area (Å²) in [7, 11) is 0. The molecule has 0 amide bonds. The highest BCUT2D eigenvalue weighted by Gasteiger charge is 2.26. The maximum atomic E-state index is 10.8. The third-order valence-corrected chi connectivity index (χ3v) is 3.29. The van der Waals surface area contributed by atoms with Gasteiger partial charge in [-0.2, -0.15) is 0 Å². The molecule has 5 heteroatoms. The number of carboxylic acids is 1. The molecule has 1 atom stereocenters. The van der Waals surface area contributed by atoms with Crippen molar-refractivity contribution in [1.82, 2.24) is 4.98 Å². The first-order valence-electron chi connectivity index (χ1n) is 4.64. The van der Waals surface area contributed by atoms with E-state index in [9.17, 15) is 4.79 Å². The predicted molar refractivity (Wildman–Crippen MR) is 54.7 cm³/mol. The van der Waals surface area contributed by atoms with Crippen molar-refractivity contribution in [2.75, 3.05) is 18.0 Å². The Labute approximate surface area is 86.2 Å². The van der Waals surface area contributed by atoms with E-state index in [1.165, 1.54) is 0 Å². The monoisotopic (exact) mass is 212 g/mol. The largest absolute Gasteiger partial charge is 0.481 e. The SMILES string of the molecule is O=C(O)[C@@H]1CCCN(c2nccs2)C1. The predicted octanol–water partition coefficient (Wildman–Crippen LogP) is 1.44. The van der Waals surface area contributed by atoms with Crippen molar-refractivity contribution in [2.45, 2.75) is 12.8 Å². The van der Waals surface area contributed by atoms with Crippen LogP contribution in [0.5, 0.6) is 0 Å². The maximum Gasteiger partial charge on any atom is 0.308 e. The van der Waals surface area contributed by atoms with Crippen LogP contribution in [0.25, 0.3) is 0 Å². The molecule has 0 saturated carbocycles. The average Bonchev–Trinajstić information content (AvgIpc) is 2.71. The van der Waals surface area contributed by atoms with Gasteiger partial charge < -0.3 is 10.0 Å². The lowest BCUT2D eigenvalue weighted by Crippen LogP contribution is -2.38. The molecular formula is C9H12N2O2S. The minimum atomic E-state index is -0.689. The Hall–Kier alpha value is -1.10. The molecule has 0 spiro atoms. The van der Waals surface area contributed by atoms with Crippen LogP contribution in [0.15, 0.2) is 11.6 Å². The zero-order valence-corrected chi connectivity index (χ0v) is 8.54. The molecule has 76 valence electrons. The standard InChI is InChI=1S/C9H12N2O2S/c12-8(13)7-2-1-4-11(6-7)9-10-3-5-14-9/h3,5,7H,1-2,4,6H2,(H,12,13)/t7-/m1/s1. The molecule has 1 aromatic rings. The van der Waals surface area contributed by atoms with Crippen LogP contribution in [0.2, 0.25) is 0 Å². The highest BCUT2D eigenvalue weighted by atomic mass is 32.1. The molecule has 0 aliphatic carbocycles. The van der Waals surface area contributed by atoms with E-state index in [0.29, 0.717) is 6.54 Å². The molecule has 0 unspecified atom stereocenters. The maximum absolute atomic E-state index is 10.8. The van der Waals surface area contributed by atoms with Crippen LogP contribution in [-0.4, -0.2) is 29.1 Å². The van der Waals surface area contributed by atoms with Crippen LogP contribution in [-0.2, 0) is 4.79 Å². The van der Waals surface area contributed by atoms with Crippen molar-refractivity contribution < 1.29 is 9.90 Å². The molecule has 1 aliphatic rings. The van der Waals surface area contributed by atoms with Gasteiger partial charge in [-0.3, -0.25) is 4.79 Å². The number of hydrogen-bond donors (Lipinski definition) is 1. The molecule has 2 rings (SSSR count). The molecule has 2 heterocycles. The fourth-order valence-corrected chi connectivity index (χ4v) is 2.40. The number of piperidine rings is 1. The van der Waals surface area contributed by atoms with Crippen molar-refractivity contribution in [2.24, 2.45) is 5.92 Å². The van der Waals surface area contributed by atoms with Crippen LogP contribution in [0.4, 0.5) is 5.13 Å². The lowest BCUT2D eigenvalue weighted by Gasteiger charge is -2.30. The Morgan fingerprint density at radius 1 is 1.71 bits per heavy atom. The minimum absolute atomic E-state index is 0.229.